The molecule has 1 aliphatic heterocycles. The van der Waals surface area contributed by atoms with E-state index in [0.29, 0.717) is 31.6 Å². The number of carbonyl (C=O) groups is 1. The van der Waals surface area contributed by atoms with Gasteiger partial charge in [0.25, 0.3) is 0 Å². The minimum Gasteiger partial charge on any atom is -0.444 e. The highest BCUT2D eigenvalue weighted by Gasteiger charge is 2.32. The number of carbonyl (C=O) groups excluding carboxylic acids is 1. The number of hydrogen-bond acceptors (Lipinski definition) is 4. The number of halogens is 3. The molecule has 1 heterocycles. The summed E-state index contributed by atoms with van der Waals surface area (Å²) in [4.78, 5) is 14.0. The van der Waals surface area contributed by atoms with Crippen LogP contribution < -0.4 is 10.1 Å². The molecule has 0 radical (unpaired) electrons. The van der Waals surface area contributed by atoms with Crippen molar-refractivity contribution < 1.29 is 27.4 Å². The molecule has 1 N–H and O–H groups in total. The third kappa shape index (κ3) is 6.45. The molecule has 0 bridgehead atoms. The minimum atomic E-state index is -4.73. The lowest BCUT2D eigenvalue weighted by molar-refractivity contribution is -0.274. The molecule has 25 heavy (non-hydrogen) atoms. The quantitative estimate of drug-likeness (QED) is 0.898. The fraction of sp³-hybridized carbons (Fsp3) is 0.588. The van der Waals surface area contributed by atoms with Crippen molar-refractivity contribution in [1.82, 2.24) is 10.2 Å². The van der Waals surface area contributed by atoms with Crippen LogP contribution in [0.1, 0.15) is 26.3 Å². The van der Waals surface area contributed by atoms with E-state index in [9.17, 15) is 18.0 Å². The van der Waals surface area contributed by atoms with Gasteiger partial charge in [-0.3, -0.25) is 0 Å². The van der Waals surface area contributed by atoms with E-state index in [1.807, 2.05) is 0 Å². The molecule has 2 rings (SSSR count). The summed E-state index contributed by atoms with van der Waals surface area (Å²) in [6, 6.07) is 5.61. The summed E-state index contributed by atoms with van der Waals surface area (Å²) in [5.41, 5.74) is 0.0523. The monoisotopic (exact) mass is 360 g/mol. The summed E-state index contributed by atoms with van der Waals surface area (Å²) in [6.07, 6.45) is -4.74. The van der Waals surface area contributed by atoms with Gasteiger partial charge in [0.1, 0.15) is 11.4 Å². The molecule has 140 valence electrons. The van der Waals surface area contributed by atoms with Crippen LogP contribution in [0.4, 0.5) is 18.0 Å². The Morgan fingerprint density at radius 3 is 2.68 bits per heavy atom. The molecule has 1 amide bonds. The predicted molar refractivity (Wildman–Crippen MR) is 86.4 cm³/mol. The average molecular weight is 360 g/mol. The zero-order valence-corrected chi connectivity index (χ0v) is 14.5. The Morgan fingerprint density at radius 2 is 2.04 bits per heavy atom. The number of piperazine rings is 1. The zero-order chi connectivity index (χ0) is 18.7. The number of alkyl halides is 3. The highest BCUT2D eigenvalue weighted by Crippen LogP contribution is 2.24. The number of benzene rings is 1. The number of hydrogen-bond donors (Lipinski definition) is 1. The van der Waals surface area contributed by atoms with Gasteiger partial charge < -0.3 is 19.7 Å². The van der Waals surface area contributed by atoms with Gasteiger partial charge in [-0.1, -0.05) is 12.1 Å². The van der Waals surface area contributed by atoms with Crippen LogP contribution in [0, 0.1) is 0 Å². The molecule has 1 aromatic rings. The first-order chi connectivity index (χ1) is 11.5. The Morgan fingerprint density at radius 1 is 1.32 bits per heavy atom. The van der Waals surface area contributed by atoms with Crippen molar-refractivity contribution in [2.24, 2.45) is 0 Å². The molecule has 1 atom stereocenters. The van der Waals surface area contributed by atoms with E-state index in [4.69, 9.17) is 4.74 Å². The third-order valence-corrected chi connectivity index (χ3v) is 3.58. The second kappa shape index (κ2) is 7.51. The zero-order valence-electron chi connectivity index (χ0n) is 14.5. The topological polar surface area (TPSA) is 50.8 Å². The first-order valence-electron chi connectivity index (χ1n) is 8.08. The Bertz CT molecular complexity index is 600. The van der Waals surface area contributed by atoms with Crippen molar-refractivity contribution >= 4 is 6.09 Å². The van der Waals surface area contributed by atoms with Crippen molar-refractivity contribution in [2.75, 3.05) is 19.6 Å². The Hall–Kier alpha value is -1.96. The summed E-state index contributed by atoms with van der Waals surface area (Å²) in [5.74, 6) is -0.266. The number of nitrogens with one attached hydrogen (secondary N) is 1. The fourth-order valence-corrected chi connectivity index (χ4v) is 2.65. The van der Waals surface area contributed by atoms with Crippen molar-refractivity contribution in [2.45, 2.75) is 45.2 Å². The summed E-state index contributed by atoms with van der Waals surface area (Å²) >= 11 is 0. The maximum absolute atomic E-state index is 12.4. The third-order valence-electron chi connectivity index (χ3n) is 3.58. The van der Waals surface area contributed by atoms with E-state index in [0.717, 1.165) is 0 Å². The van der Waals surface area contributed by atoms with Crippen LogP contribution in [0.15, 0.2) is 24.3 Å². The van der Waals surface area contributed by atoms with Gasteiger partial charge in [0.15, 0.2) is 0 Å². The van der Waals surface area contributed by atoms with E-state index in [-0.39, 0.29) is 11.8 Å². The second-order valence-electron chi connectivity index (χ2n) is 6.93. The number of ether oxygens (including phenoxy) is 2. The van der Waals surface area contributed by atoms with Crippen LogP contribution in [-0.4, -0.2) is 48.6 Å². The van der Waals surface area contributed by atoms with Crippen LogP contribution in [0.5, 0.6) is 5.75 Å². The largest absolute Gasteiger partial charge is 0.573 e. The number of rotatable bonds is 3. The van der Waals surface area contributed by atoms with Crippen LogP contribution >= 0.6 is 0 Å². The molecule has 1 saturated heterocycles. The van der Waals surface area contributed by atoms with Crippen molar-refractivity contribution in [1.29, 1.82) is 0 Å². The standard InChI is InChI=1S/C17H23F3N2O3/c1-16(2,3)25-15(23)22-8-7-21-11-13(22)9-12-5-4-6-14(10-12)24-17(18,19)20/h4-6,10,13,21H,7-9,11H2,1-3H3/t13-/m0/s1. The summed E-state index contributed by atoms with van der Waals surface area (Å²) in [6.45, 7) is 7.05. The molecule has 8 heteroatoms. The van der Waals surface area contributed by atoms with E-state index in [1.54, 1.807) is 31.7 Å². The molecule has 0 unspecified atom stereocenters. The maximum atomic E-state index is 12.4. The highest BCUT2D eigenvalue weighted by atomic mass is 19.4. The lowest BCUT2D eigenvalue weighted by Crippen LogP contribution is -2.55. The Labute approximate surface area is 145 Å². The van der Waals surface area contributed by atoms with E-state index >= 15 is 0 Å². The molecule has 0 spiro atoms. The summed E-state index contributed by atoms with van der Waals surface area (Å²) in [5, 5.41) is 3.19. The van der Waals surface area contributed by atoms with Crippen LogP contribution in [0.2, 0.25) is 0 Å². The lowest BCUT2D eigenvalue weighted by Gasteiger charge is -2.37. The van der Waals surface area contributed by atoms with Crippen molar-refractivity contribution in [3.05, 3.63) is 29.8 Å². The van der Waals surface area contributed by atoms with Gasteiger partial charge >= 0.3 is 12.5 Å². The first kappa shape index (κ1) is 19.4. The normalized spacial score (nSPS) is 18.8. The number of nitrogens with zero attached hydrogens (tertiary/aromatic N) is 1. The lowest BCUT2D eigenvalue weighted by atomic mass is 10.0. The highest BCUT2D eigenvalue weighted by molar-refractivity contribution is 5.68. The van der Waals surface area contributed by atoms with Crippen molar-refractivity contribution in [3.8, 4) is 5.75 Å². The van der Waals surface area contributed by atoms with Crippen LogP contribution in [-0.2, 0) is 11.2 Å². The summed E-state index contributed by atoms with van der Waals surface area (Å²) in [7, 11) is 0. The van der Waals surface area contributed by atoms with E-state index in [1.165, 1.54) is 18.2 Å². The molecule has 1 aromatic carbocycles. The fourth-order valence-electron chi connectivity index (χ4n) is 2.65. The van der Waals surface area contributed by atoms with E-state index in [2.05, 4.69) is 10.1 Å². The van der Waals surface area contributed by atoms with Crippen LogP contribution in [0.3, 0.4) is 0 Å². The average Bonchev–Trinajstić information content (AvgIpc) is 2.44. The molecular weight excluding hydrogens is 337 g/mol. The van der Waals surface area contributed by atoms with Gasteiger partial charge in [0.2, 0.25) is 0 Å². The molecule has 5 nitrogen and oxygen atoms in total. The van der Waals surface area contributed by atoms with Crippen molar-refractivity contribution in [3.63, 3.8) is 0 Å². The predicted octanol–water partition coefficient (Wildman–Crippen LogP) is 3.34. The molecule has 0 aliphatic carbocycles. The maximum Gasteiger partial charge on any atom is 0.573 e. The van der Waals surface area contributed by atoms with E-state index < -0.39 is 18.1 Å². The van der Waals surface area contributed by atoms with Gasteiger partial charge in [-0.2, -0.15) is 0 Å². The number of amides is 1. The molecule has 1 fully saturated rings. The molecule has 0 aromatic heterocycles. The Balaban J connectivity index is 2.08. The van der Waals surface area contributed by atoms with Crippen LogP contribution in [0.25, 0.3) is 0 Å². The molecular formula is C17H23F3N2O3. The Kier molecular flexibility index (Phi) is 5.82. The van der Waals surface area contributed by atoms with Gasteiger partial charge in [0.05, 0.1) is 6.04 Å². The minimum absolute atomic E-state index is 0.204. The molecule has 0 saturated carbocycles. The SMILES string of the molecule is CC(C)(C)OC(=O)N1CCNC[C@@H]1Cc1cccc(OC(F)(F)F)c1. The molecule has 1 aliphatic rings. The second-order valence-corrected chi connectivity index (χ2v) is 6.93. The van der Waals surface area contributed by atoms with Gasteiger partial charge in [-0.25, -0.2) is 4.79 Å². The van der Waals surface area contributed by atoms with Gasteiger partial charge in [-0.05, 0) is 44.9 Å². The summed E-state index contributed by atoms with van der Waals surface area (Å²) < 4.78 is 46.4. The van der Waals surface area contributed by atoms with Gasteiger partial charge in [0, 0.05) is 19.6 Å². The van der Waals surface area contributed by atoms with Gasteiger partial charge in [-0.15, -0.1) is 13.2 Å². The smallest absolute Gasteiger partial charge is 0.444 e. The first-order valence-corrected chi connectivity index (χ1v) is 8.08.